The quantitative estimate of drug-likeness (QED) is 0.727. The summed E-state index contributed by atoms with van der Waals surface area (Å²) in [6.45, 7) is 3.78. The molecule has 0 radical (unpaired) electrons. The predicted octanol–water partition coefficient (Wildman–Crippen LogP) is 3.92. The molecule has 0 unspecified atom stereocenters. The fraction of sp³-hybridized carbons (Fsp3) is 0.200. The molecule has 0 aliphatic rings. The number of thiophene rings is 1. The molecule has 3 rings (SSSR count). The lowest BCUT2D eigenvalue weighted by Crippen LogP contribution is -2.22. The number of nitrogens with one attached hydrogen (secondary N) is 1. The van der Waals surface area contributed by atoms with Gasteiger partial charge < -0.3 is 4.98 Å². The van der Waals surface area contributed by atoms with Gasteiger partial charge in [0.15, 0.2) is 4.77 Å². The summed E-state index contributed by atoms with van der Waals surface area (Å²) < 4.78 is 16.2. The summed E-state index contributed by atoms with van der Waals surface area (Å²) in [6.07, 6.45) is 0. The largest absolute Gasteiger partial charge is 0.331 e. The first kappa shape index (κ1) is 14.2. The summed E-state index contributed by atoms with van der Waals surface area (Å²) in [5, 5.41) is 1.86. The Morgan fingerprint density at radius 3 is 2.67 bits per heavy atom. The summed E-state index contributed by atoms with van der Waals surface area (Å²) in [5.74, 6) is -0.204. The fourth-order valence-electron chi connectivity index (χ4n) is 2.42. The zero-order chi connectivity index (χ0) is 15.1. The Morgan fingerprint density at radius 2 is 2.00 bits per heavy atom. The molecule has 0 fully saturated rings. The molecule has 3 aromatic rings. The van der Waals surface area contributed by atoms with E-state index in [1.807, 2.05) is 11.4 Å². The smallest absolute Gasteiger partial charge is 0.272 e. The summed E-state index contributed by atoms with van der Waals surface area (Å²) in [5.41, 5.74) is 2.67. The van der Waals surface area contributed by atoms with Crippen molar-refractivity contribution >= 4 is 33.8 Å². The van der Waals surface area contributed by atoms with Crippen LogP contribution in [-0.2, 0) is 6.54 Å². The lowest BCUT2D eigenvalue weighted by atomic mass is 10.1. The number of nitrogens with zero attached hydrogens (tertiary/aromatic N) is 1. The van der Waals surface area contributed by atoms with E-state index in [-0.39, 0.29) is 11.4 Å². The Kier molecular flexibility index (Phi) is 3.51. The normalized spacial score (nSPS) is 11.2. The second-order valence-electron chi connectivity index (χ2n) is 5.03. The minimum absolute atomic E-state index is 0.108. The molecule has 1 aromatic carbocycles. The monoisotopic (exact) mass is 320 g/mol. The summed E-state index contributed by atoms with van der Waals surface area (Å²) >= 11 is 6.65. The summed E-state index contributed by atoms with van der Waals surface area (Å²) in [6, 6.07) is 5.35. The third-order valence-electron chi connectivity index (χ3n) is 3.43. The van der Waals surface area contributed by atoms with Gasteiger partial charge in [-0.3, -0.25) is 9.36 Å². The number of halogens is 1. The number of rotatable bonds is 2. The number of aryl methyl sites for hydroxylation is 2. The van der Waals surface area contributed by atoms with Crippen LogP contribution in [0.2, 0.25) is 0 Å². The van der Waals surface area contributed by atoms with Crippen LogP contribution < -0.4 is 5.56 Å². The van der Waals surface area contributed by atoms with Crippen molar-refractivity contribution in [2.24, 2.45) is 0 Å². The molecule has 0 atom stereocenters. The van der Waals surface area contributed by atoms with Gasteiger partial charge in [0.1, 0.15) is 10.5 Å². The van der Waals surface area contributed by atoms with Crippen LogP contribution in [0.15, 0.2) is 28.4 Å². The molecule has 0 saturated heterocycles. The van der Waals surface area contributed by atoms with Crippen molar-refractivity contribution in [1.82, 2.24) is 9.55 Å². The number of hydrogen-bond donors (Lipinski definition) is 1. The molecule has 2 aromatic heterocycles. The first-order valence-electron chi connectivity index (χ1n) is 6.43. The van der Waals surface area contributed by atoms with E-state index in [9.17, 15) is 9.18 Å². The first-order valence-corrected chi connectivity index (χ1v) is 7.72. The standard InChI is InChI=1S/C15H13FN2OS2/c1-8-5-10(6-9(2)12(8)16)7-18-14(19)13-11(3-4-21-13)17-15(18)20/h3-6H,7H2,1-2H3,(H,17,20). The molecule has 1 N–H and O–H groups in total. The zero-order valence-electron chi connectivity index (χ0n) is 11.6. The molecule has 0 bridgehead atoms. The maximum Gasteiger partial charge on any atom is 0.272 e. The average Bonchev–Trinajstić information content (AvgIpc) is 2.89. The highest BCUT2D eigenvalue weighted by Crippen LogP contribution is 2.17. The third kappa shape index (κ3) is 2.45. The minimum atomic E-state index is -0.204. The second kappa shape index (κ2) is 5.20. The Hall–Kier alpha value is -1.79. The predicted molar refractivity (Wildman–Crippen MR) is 86.2 cm³/mol. The molecule has 0 saturated carbocycles. The van der Waals surface area contributed by atoms with E-state index >= 15 is 0 Å². The van der Waals surface area contributed by atoms with Gasteiger partial charge in [-0.2, -0.15) is 0 Å². The number of benzene rings is 1. The Balaban J connectivity index is 2.14. The lowest BCUT2D eigenvalue weighted by molar-refractivity contribution is 0.607. The molecule has 0 spiro atoms. The van der Waals surface area contributed by atoms with Crippen LogP contribution in [0.25, 0.3) is 10.2 Å². The van der Waals surface area contributed by atoms with Crippen LogP contribution in [-0.4, -0.2) is 9.55 Å². The highest BCUT2D eigenvalue weighted by Gasteiger charge is 2.09. The van der Waals surface area contributed by atoms with E-state index in [0.29, 0.717) is 27.1 Å². The molecular formula is C15H13FN2OS2. The van der Waals surface area contributed by atoms with Gasteiger partial charge in [-0.25, -0.2) is 4.39 Å². The Labute approximate surface area is 129 Å². The SMILES string of the molecule is Cc1cc(Cn2c(=S)[nH]c3ccsc3c2=O)cc(C)c1F. The van der Waals surface area contributed by atoms with Crippen LogP contribution >= 0.6 is 23.6 Å². The molecule has 21 heavy (non-hydrogen) atoms. The van der Waals surface area contributed by atoms with E-state index in [1.54, 1.807) is 26.0 Å². The van der Waals surface area contributed by atoms with E-state index in [4.69, 9.17) is 12.2 Å². The van der Waals surface area contributed by atoms with E-state index in [2.05, 4.69) is 4.98 Å². The highest BCUT2D eigenvalue weighted by atomic mass is 32.1. The van der Waals surface area contributed by atoms with Gasteiger partial charge in [-0.05, 0) is 54.2 Å². The van der Waals surface area contributed by atoms with Gasteiger partial charge in [-0.1, -0.05) is 12.1 Å². The number of hydrogen-bond acceptors (Lipinski definition) is 3. The van der Waals surface area contributed by atoms with Gasteiger partial charge >= 0.3 is 0 Å². The van der Waals surface area contributed by atoms with Gasteiger partial charge in [0.25, 0.3) is 5.56 Å². The topological polar surface area (TPSA) is 37.8 Å². The maximum absolute atomic E-state index is 13.7. The first-order chi connectivity index (χ1) is 9.97. The number of aromatic amines is 1. The van der Waals surface area contributed by atoms with Crippen molar-refractivity contribution < 1.29 is 4.39 Å². The fourth-order valence-corrected chi connectivity index (χ4v) is 3.48. The van der Waals surface area contributed by atoms with Crippen LogP contribution in [0.3, 0.4) is 0 Å². The van der Waals surface area contributed by atoms with Crippen LogP contribution in [0.1, 0.15) is 16.7 Å². The van der Waals surface area contributed by atoms with Crippen molar-refractivity contribution in [2.45, 2.75) is 20.4 Å². The molecule has 6 heteroatoms. The molecule has 3 nitrogen and oxygen atoms in total. The maximum atomic E-state index is 13.7. The highest BCUT2D eigenvalue weighted by molar-refractivity contribution is 7.71. The van der Waals surface area contributed by atoms with Crippen LogP contribution in [0.4, 0.5) is 4.39 Å². The van der Waals surface area contributed by atoms with E-state index < -0.39 is 0 Å². The molecule has 0 amide bonds. The van der Waals surface area contributed by atoms with Crippen molar-refractivity contribution in [2.75, 3.05) is 0 Å². The minimum Gasteiger partial charge on any atom is -0.331 e. The van der Waals surface area contributed by atoms with Crippen LogP contribution in [0.5, 0.6) is 0 Å². The van der Waals surface area contributed by atoms with Gasteiger partial charge in [0, 0.05) is 0 Å². The molecular weight excluding hydrogens is 307 g/mol. The summed E-state index contributed by atoms with van der Waals surface area (Å²) in [4.78, 5) is 15.5. The van der Waals surface area contributed by atoms with Crippen molar-refractivity contribution in [1.29, 1.82) is 0 Å². The Morgan fingerprint density at radius 1 is 1.33 bits per heavy atom. The van der Waals surface area contributed by atoms with E-state index in [1.165, 1.54) is 15.9 Å². The van der Waals surface area contributed by atoms with Crippen molar-refractivity contribution in [3.05, 3.63) is 61.2 Å². The van der Waals surface area contributed by atoms with Crippen LogP contribution in [0, 0.1) is 24.4 Å². The van der Waals surface area contributed by atoms with Crippen molar-refractivity contribution in [3.63, 3.8) is 0 Å². The Bertz CT molecular complexity index is 929. The third-order valence-corrected chi connectivity index (χ3v) is 4.65. The zero-order valence-corrected chi connectivity index (χ0v) is 13.2. The molecule has 108 valence electrons. The second-order valence-corrected chi connectivity index (χ2v) is 6.33. The summed E-state index contributed by atoms with van der Waals surface area (Å²) in [7, 11) is 0. The number of H-pyrrole nitrogens is 1. The number of aromatic nitrogens is 2. The average molecular weight is 320 g/mol. The number of fused-ring (bicyclic) bond motifs is 1. The lowest BCUT2D eigenvalue weighted by Gasteiger charge is -2.09. The molecule has 0 aliphatic heterocycles. The van der Waals surface area contributed by atoms with Crippen molar-refractivity contribution in [3.8, 4) is 0 Å². The van der Waals surface area contributed by atoms with Gasteiger partial charge in [0.2, 0.25) is 0 Å². The van der Waals surface area contributed by atoms with E-state index in [0.717, 1.165) is 11.1 Å². The van der Waals surface area contributed by atoms with Gasteiger partial charge in [0.05, 0.1) is 12.1 Å². The van der Waals surface area contributed by atoms with Gasteiger partial charge in [-0.15, -0.1) is 11.3 Å². The molecule has 2 heterocycles. The molecule has 0 aliphatic carbocycles.